The summed E-state index contributed by atoms with van der Waals surface area (Å²) in [5.74, 6) is -2.26. The van der Waals surface area contributed by atoms with E-state index in [-0.39, 0.29) is 17.0 Å². The fourth-order valence-electron chi connectivity index (χ4n) is 1.39. The first-order valence-corrected chi connectivity index (χ1v) is 5.81. The van der Waals surface area contributed by atoms with Gasteiger partial charge in [0.15, 0.2) is 0 Å². The van der Waals surface area contributed by atoms with Crippen LogP contribution >= 0.6 is 0 Å². The highest BCUT2D eigenvalue weighted by atomic mass is 16.4. The highest BCUT2D eigenvalue weighted by Crippen LogP contribution is 2.07. The molecule has 0 saturated heterocycles. The van der Waals surface area contributed by atoms with Crippen LogP contribution < -0.4 is 10.6 Å². The van der Waals surface area contributed by atoms with Gasteiger partial charge in [-0.25, -0.2) is 9.78 Å². The number of carboxylic acids is 1. The molecule has 0 aliphatic carbocycles. The molecule has 1 rings (SSSR count). The lowest BCUT2D eigenvalue weighted by molar-refractivity contribution is 0.0696. The van der Waals surface area contributed by atoms with E-state index >= 15 is 0 Å². The quantitative estimate of drug-likeness (QED) is 0.708. The van der Waals surface area contributed by atoms with Crippen LogP contribution in [0.5, 0.6) is 0 Å². The standard InChI is InChI=1S/C12H15N3O4/c1-3-13-10(16)8-5-7(12(18)19)6-9(15-8)11(17)14-4-2/h5-6H,3-4H2,1-2H3,(H,13,16)(H,14,17)(H,18,19). The minimum absolute atomic E-state index is 0.0944. The molecule has 1 aromatic heterocycles. The van der Waals surface area contributed by atoms with E-state index in [1.807, 2.05) is 0 Å². The van der Waals surface area contributed by atoms with E-state index in [1.54, 1.807) is 13.8 Å². The second kappa shape index (κ2) is 6.48. The highest BCUT2D eigenvalue weighted by Gasteiger charge is 2.16. The van der Waals surface area contributed by atoms with E-state index in [0.29, 0.717) is 13.1 Å². The number of amides is 2. The Morgan fingerprint density at radius 3 is 1.79 bits per heavy atom. The van der Waals surface area contributed by atoms with Gasteiger partial charge in [0.25, 0.3) is 11.8 Å². The molecule has 3 N–H and O–H groups in total. The zero-order chi connectivity index (χ0) is 14.4. The molecule has 0 fully saturated rings. The fraction of sp³-hybridized carbons (Fsp3) is 0.333. The van der Waals surface area contributed by atoms with Gasteiger partial charge in [-0.05, 0) is 26.0 Å². The van der Waals surface area contributed by atoms with Gasteiger partial charge in [-0.15, -0.1) is 0 Å². The van der Waals surface area contributed by atoms with Crippen LogP contribution in [0.2, 0.25) is 0 Å². The van der Waals surface area contributed by atoms with Crippen LogP contribution in [0.3, 0.4) is 0 Å². The maximum Gasteiger partial charge on any atom is 0.335 e. The number of nitrogens with one attached hydrogen (secondary N) is 2. The van der Waals surface area contributed by atoms with Crippen molar-refractivity contribution in [1.29, 1.82) is 0 Å². The van der Waals surface area contributed by atoms with E-state index < -0.39 is 17.8 Å². The summed E-state index contributed by atoms with van der Waals surface area (Å²) in [6, 6.07) is 2.27. The molecule has 0 atom stereocenters. The van der Waals surface area contributed by atoms with Crippen LogP contribution in [0.15, 0.2) is 12.1 Å². The van der Waals surface area contributed by atoms with Gasteiger partial charge in [0.1, 0.15) is 11.4 Å². The summed E-state index contributed by atoms with van der Waals surface area (Å²) in [6.45, 7) is 4.22. The molecule has 0 unspecified atom stereocenters. The minimum atomic E-state index is -1.22. The van der Waals surface area contributed by atoms with Crippen molar-refractivity contribution < 1.29 is 19.5 Å². The third kappa shape index (κ3) is 3.77. The fourth-order valence-corrected chi connectivity index (χ4v) is 1.39. The number of aromatic nitrogens is 1. The van der Waals surface area contributed by atoms with Crippen molar-refractivity contribution in [3.63, 3.8) is 0 Å². The Bertz CT molecular complexity index is 477. The van der Waals surface area contributed by atoms with Crippen LogP contribution in [-0.4, -0.2) is 41.0 Å². The molecule has 1 heterocycles. The number of nitrogens with zero attached hydrogens (tertiary/aromatic N) is 1. The monoisotopic (exact) mass is 265 g/mol. The Labute approximate surface area is 110 Å². The third-order valence-corrected chi connectivity index (χ3v) is 2.21. The first-order chi connectivity index (χ1) is 8.99. The van der Waals surface area contributed by atoms with Gasteiger partial charge < -0.3 is 15.7 Å². The van der Waals surface area contributed by atoms with E-state index in [0.717, 1.165) is 12.1 Å². The van der Waals surface area contributed by atoms with Crippen LogP contribution in [-0.2, 0) is 0 Å². The number of hydrogen-bond acceptors (Lipinski definition) is 4. The zero-order valence-electron chi connectivity index (χ0n) is 10.7. The topological polar surface area (TPSA) is 108 Å². The van der Waals surface area contributed by atoms with Crippen molar-refractivity contribution in [2.75, 3.05) is 13.1 Å². The third-order valence-electron chi connectivity index (χ3n) is 2.21. The maximum absolute atomic E-state index is 11.7. The van der Waals surface area contributed by atoms with E-state index in [4.69, 9.17) is 5.11 Å². The highest BCUT2D eigenvalue weighted by molar-refractivity contribution is 6.00. The number of pyridine rings is 1. The molecule has 0 saturated carbocycles. The smallest absolute Gasteiger partial charge is 0.335 e. The first kappa shape index (κ1) is 14.6. The summed E-state index contributed by atoms with van der Waals surface area (Å²) in [4.78, 5) is 38.1. The average molecular weight is 265 g/mol. The van der Waals surface area contributed by atoms with E-state index in [2.05, 4.69) is 15.6 Å². The molecule has 0 radical (unpaired) electrons. The summed E-state index contributed by atoms with van der Waals surface area (Å²) in [5, 5.41) is 14.0. The van der Waals surface area contributed by atoms with Crippen molar-refractivity contribution >= 4 is 17.8 Å². The predicted octanol–water partition coefficient (Wildman–Crippen LogP) is 0.279. The first-order valence-electron chi connectivity index (χ1n) is 5.81. The molecule has 0 bridgehead atoms. The Hall–Kier alpha value is -2.44. The lowest BCUT2D eigenvalue weighted by Crippen LogP contribution is -2.28. The molecule has 1 aromatic rings. The number of hydrogen-bond donors (Lipinski definition) is 3. The van der Waals surface area contributed by atoms with Gasteiger partial charge in [-0.3, -0.25) is 9.59 Å². The van der Waals surface area contributed by atoms with Gasteiger partial charge in [0.2, 0.25) is 0 Å². The number of rotatable bonds is 5. The van der Waals surface area contributed by atoms with Crippen LogP contribution in [0.1, 0.15) is 45.2 Å². The van der Waals surface area contributed by atoms with Gasteiger partial charge >= 0.3 is 5.97 Å². The average Bonchev–Trinajstić information content (AvgIpc) is 2.38. The van der Waals surface area contributed by atoms with Gasteiger partial charge in [-0.1, -0.05) is 0 Å². The molecule has 0 spiro atoms. The molecule has 7 nitrogen and oxygen atoms in total. The lowest BCUT2D eigenvalue weighted by Gasteiger charge is -2.06. The Morgan fingerprint density at radius 2 is 1.47 bits per heavy atom. The van der Waals surface area contributed by atoms with Crippen molar-refractivity contribution in [2.24, 2.45) is 0 Å². The van der Waals surface area contributed by atoms with E-state index in [9.17, 15) is 14.4 Å². The largest absolute Gasteiger partial charge is 0.478 e. The summed E-state index contributed by atoms with van der Waals surface area (Å²) >= 11 is 0. The summed E-state index contributed by atoms with van der Waals surface area (Å²) in [5.41, 5.74) is -0.344. The number of carbonyl (C=O) groups is 3. The molecule has 0 aliphatic rings. The second-order valence-corrected chi connectivity index (χ2v) is 3.65. The normalized spacial score (nSPS) is 9.79. The van der Waals surface area contributed by atoms with Crippen LogP contribution in [0, 0.1) is 0 Å². The van der Waals surface area contributed by atoms with Crippen molar-refractivity contribution in [3.8, 4) is 0 Å². The van der Waals surface area contributed by atoms with Crippen molar-refractivity contribution in [2.45, 2.75) is 13.8 Å². The summed E-state index contributed by atoms with van der Waals surface area (Å²) < 4.78 is 0. The van der Waals surface area contributed by atoms with Gasteiger partial charge in [0, 0.05) is 13.1 Å². The number of carbonyl (C=O) groups excluding carboxylic acids is 2. The van der Waals surface area contributed by atoms with Crippen LogP contribution in [0.4, 0.5) is 0 Å². The molecular weight excluding hydrogens is 250 g/mol. The second-order valence-electron chi connectivity index (χ2n) is 3.65. The molecular formula is C12H15N3O4. The SMILES string of the molecule is CCNC(=O)c1cc(C(=O)O)cc(C(=O)NCC)n1. The zero-order valence-corrected chi connectivity index (χ0v) is 10.7. The Morgan fingerprint density at radius 1 is 1.05 bits per heavy atom. The summed E-state index contributed by atoms with van der Waals surface area (Å²) in [6.07, 6.45) is 0. The van der Waals surface area contributed by atoms with Gasteiger partial charge in [-0.2, -0.15) is 0 Å². The lowest BCUT2D eigenvalue weighted by atomic mass is 10.1. The molecule has 7 heteroatoms. The Balaban J connectivity index is 3.21. The van der Waals surface area contributed by atoms with Crippen molar-refractivity contribution in [3.05, 3.63) is 29.1 Å². The maximum atomic E-state index is 11.7. The molecule has 102 valence electrons. The molecule has 19 heavy (non-hydrogen) atoms. The number of carboxylic acid groups (broad SMARTS) is 1. The Kier molecular flexibility index (Phi) is 4.99. The number of aromatic carboxylic acids is 1. The predicted molar refractivity (Wildman–Crippen MR) is 67.2 cm³/mol. The summed E-state index contributed by atoms with van der Waals surface area (Å²) in [7, 11) is 0. The van der Waals surface area contributed by atoms with Crippen LogP contribution in [0.25, 0.3) is 0 Å². The van der Waals surface area contributed by atoms with E-state index in [1.165, 1.54) is 0 Å². The molecule has 2 amide bonds. The minimum Gasteiger partial charge on any atom is -0.478 e. The van der Waals surface area contributed by atoms with Crippen molar-refractivity contribution in [1.82, 2.24) is 15.6 Å². The molecule has 0 aliphatic heterocycles. The van der Waals surface area contributed by atoms with Gasteiger partial charge in [0.05, 0.1) is 5.56 Å². The molecule has 0 aromatic carbocycles.